The van der Waals surface area contributed by atoms with Crippen molar-refractivity contribution >= 4 is 28.2 Å². The number of hydrogen-bond donors (Lipinski definition) is 0. The van der Waals surface area contributed by atoms with Crippen LogP contribution in [0.3, 0.4) is 0 Å². The second kappa shape index (κ2) is 13.2. The van der Waals surface area contributed by atoms with E-state index in [0.717, 1.165) is 55.5 Å². The molecule has 1 saturated heterocycles. The number of aryl methyl sites for hydroxylation is 1. The fraction of sp³-hybridized carbons (Fsp3) is 0.486. The maximum absolute atomic E-state index is 12.6. The summed E-state index contributed by atoms with van der Waals surface area (Å²) in [7, 11) is 2.15. The minimum atomic E-state index is -0.230. The van der Waals surface area contributed by atoms with Crippen LogP contribution in [0.25, 0.3) is 10.8 Å². The summed E-state index contributed by atoms with van der Waals surface area (Å²) in [4.78, 5) is 31.4. The number of benzene rings is 2. The van der Waals surface area contributed by atoms with Crippen molar-refractivity contribution in [1.82, 2.24) is 19.8 Å². The van der Waals surface area contributed by atoms with Gasteiger partial charge in [0.15, 0.2) is 0 Å². The maximum Gasteiger partial charge on any atom is 0.318 e. The lowest BCUT2D eigenvalue weighted by molar-refractivity contribution is -0.128. The molecule has 1 amide bonds. The number of amides is 1. The van der Waals surface area contributed by atoms with Gasteiger partial charge in [-0.3, -0.25) is 4.79 Å². The molecule has 1 aliphatic carbocycles. The number of nitrogens with zero attached hydrogens (tertiary/aromatic N) is 7. The molecule has 3 heterocycles. The van der Waals surface area contributed by atoms with Gasteiger partial charge in [0.2, 0.25) is 5.91 Å². The van der Waals surface area contributed by atoms with E-state index in [9.17, 15) is 10.1 Å². The van der Waals surface area contributed by atoms with Crippen molar-refractivity contribution in [1.29, 1.82) is 5.26 Å². The lowest BCUT2D eigenvalue weighted by Gasteiger charge is -2.41. The van der Waals surface area contributed by atoms with Crippen molar-refractivity contribution in [2.75, 3.05) is 62.7 Å². The molecule has 230 valence electrons. The summed E-state index contributed by atoms with van der Waals surface area (Å²) in [6, 6.07) is 15.5. The van der Waals surface area contributed by atoms with Gasteiger partial charge in [0.25, 0.3) is 0 Å². The van der Waals surface area contributed by atoms with Crippen LogP contribution in [0.1, 0.15) is 42.5 Å². The van der Waals surface area contributed by atoms with Crippen LogP contribution in [0.4, 0.5) is 11.5 Å². The standard InChI is InChI=1S/C35H43N7O2/c1-4-32(43)42-19-18-41(23-28(42)15-16-36)34-29-11-7-17-40(31-12-6-10-27-9-5-8-25(2)33(27)31)24-30(29)37-35(38-34)44-21-20-39(3)22-26-13-14-26/h4-6,8-10,12,26,28H,1,7,11,13-15,17-24H2,2-3H3. The lowest BCUT2D eigenvalue weighted by Crippen LogP contribution is -2.55. The molecular formula is C35H43N7O2. The third-order valence-corrected chi connectivity index (χ3v) is 9.22. The number of fused-ring (bicyclic) bond motifs is 2. The molecule has 0 N–H and O–H groups in total. The molecule has 9 heteroatoms. The molecule has 0 bridgehead atoms. The Morgan fingerprint density at radius 3 is 2.75 bits per heavy atom. The number of carbonyl (C=O) groups excluding carboxylic acids is 1. The molecule has 0 spiro atoms. The minimum absolute atomic E-state index is 0.133. The van der Waals surface area contributed by atoms with Gasteiger partial charge in [0.05, 0.1) is 30.8 Å². The summed E-state index contributed by atoms with van der Waals surface area (Å²) in [6.45, 7) is 11.5. The number of rotatable bonds is 10. The van der Waals surface area contributed by atoms with Crippen molar-refractivity contribution in [3.05, 3.63) is 65.9 Å². The van der Waals surface area contributed by atoms with Gasteiger partial charge in [0, 0.05) is 55.9 Å². The zero-order chi connectivity index (χ0) is 30.6. The fourth-order valence-corrected chi connectivity index (χ4v) is 6.75. The van der Waals surface area contributed by atoms with E-state index >= 15 is 0 Å². The number of piperazine rings is 1. The Balaban J connectivity index is 1.32. The van der Waals surface area contributed by atoms with Crippen LogP contribution in [0.2, 0.25) is 0 Å². The van der Waals surface area contributed by atoms with Crippen molar-refractivity contribution in [2.24, 2.45) is 5.92 Å². The normalized spacial score (nSPS) is 18.6. The quantitative estimate of drug-likeness (QED) is 0.312. The van der Waals surface area contributed by atoms with E-state index in [0.29, 0.717) is 38.8 Å². The van der Waals surface area contributed by atoms with Gasteiger partial charge in [-0.1, -0.05) is 36.9 Å². The Hall–Kier alpha value is -4.16. The summed E-state index contributed by atoms with van der Waals surface area (Å²) >= 11 is 0. The first-order valence-corrected chi connectivity index (χ1v) is 15.9. The van der Waals surface area contributed by atoms with Crippen LogP contribution < -0.4 is 14.5 Å². The Morgan fingerprint density at radius 1 is 1.16 bits per heavy atom. The highest BCUT2D eigenvalue weighted by molar-refractivity contribution is 5.97. The van der Waals surface area contributed by atoms with E-state index < -0.39 is 0 Å². The highest BCUT2D eigenvalue weighted by Crippen LogP contribution is 2.35. The van der Waals surface area contributed by atoms with Crippen LogP contribution in [0.5, 0.6) is 6.01 Å². The smallest absolute Gasteiger partial charge is 0.318 e. The number of nitriles is 1. The van der Waals surface area contributed by atoms with E-state index in [4.69, 9.17) is 14.7 Å². The summed E-state index contributed by atoms with van der Waals surface area (Å²) in [5.41, 5.74) is 4.62. The average molecular weight is 594 g/mol. The zero-order valence-corrected chi connectivity index (χ0v) is 26.0. The number of hydrogen-bond acceptors (Lipinski definition) is 8. The molecule has 1 aromatic heterocycles. The first kappa shape index (κ1) is 29.9. The minimum Gasteiger partial charge on any atom is -0.462 e. The molecule has 3 aliphatic rings. The van der Waals surface area contributed by atoms with Crippen LogP contribution in [0.15, 0.2) is 49.1 Å². The van der Waals surface area contributed by atoms with Crippen LogP contribution in [-0.2, 0) is 17.8 Å². The van der Waals surface area contributed by atoms with Gasteiger partial charge in [-0.2, -0.15) is 15.2 Å². The molecule has 1 saturated carbocycles. The number of ether oxygens (including phenoxy) is 1. The average Bonchev–Trinajstić information content (AvgIpc) is 3.87. The van der Waals surface area contributed by atoms with Crippen LogP contribution in [-0.4, -0.2) is 84.6 Å². The Kier molecular flexibility index (Phi) is 8.99. The summed E-state index contributed by atoms with van der Waals surface area (Å²) in [5.74, 6) is 1.57. The molecule has 2 aromatic carbocycles. The van der Waals surface area contributed by atoms with E-state index in [1.165, 1.54) is 40.9 Å². The van der Waals surface area contributed by atoms with E-state index in [1.54, 1.807) is 4.90 Å². The molecule has 6 rings (SSSR count). The first-order chi connectivity index (χ1) is 21.4. The summed E-state index contributed by atoms with van der Waals surface area (Å²) in [6.07, 6.45) is 6.07. The molecule has 2 fully saturated rings. The molecule has 0 radical (unpaired) electrons. The second-order valence-corrected chi connectivity index (χ2v) is 12.5. The molecule has 1 atom stereocenters. The summed E-state index contributed by atoms with van der Waals surface area (Å²) < 4.78 is 6.26. The molecule has 1 unspecified atom stereocenters. The largest absolute Gasteiger partial charge is 0.462 e. The topological polar surface area (TPSA) is 88.8 Å². The third-order valence-electron chi connectivity index (χ3n) is 9.22. The predicted molar refractivity (Wildman–Crippen MR) is 174 cm³/mol. The Bertz CT molecular complexity index is 1560. The number of aromatic nitrogens is 2. The molecule has 44 heavy (non-hydrogen) atoms. The van der Waals surface area contributed by atoms with Crippen molar-refractivity contribution in [3.8, 4) is 12.1 Å². The summed E-state index contributed by atoms with van der Waals surface area (Å²) in [5, 5.41) is 12.1. The van der Waals surface area contributed by atoms with Crippen molar-refractivity contribution in [3.63, 3.8) is 0 Å². The number of carbonyl (C=O) groups is 1. The van der Waals surface area contributed by atoms with Gasteiger partial charge in [0.1, 0.15) is 12.4 Å². The third kappa shape index (κ3) is 6.51. The van der Waals surface area contributed by atoms with E-state index in [-0.39, 0.29) is 18.4 Å². The van der Waals surface area contributed by atoms with Gasteiger partial charge in [-0.15, -0.1) is 0 Å². The second-order valence-electron chi connectivity index (χ2n) is 12.5. The molecule has 3 aromatic rings. The van der Waals surface area contributed by atoms with Crippen LogP contribution >= 0.6 is 0 Å². The van der Waals surface area contributed by atoms with Gasteiger partial charge < -0.3 is 24.3 Å². The van der Waals surface area contributed by atoms with Crippen molar-refractivity contribution in [2.45, 2.75) is 51.6 Å². The SMILES string of the molecule is C=CC(=O)N1CCN(c2nc(OCCN(C)CC3CC3)nc3c2CCCN(c2cccc4cccc(C)c24)C3)CC1CC#N. The van der Waals surface area contributed by atoms with Gasteiger partial charge in [-0.25, -0.2) is 0 Å². The number of anilines is 2. The highest BCUT2D eigenvalue weighted by Gasteiger charge is 2.33. The van der Waals surface area contributed by atoms with Crippen molar-refractivity contribution < 1.29 is 9.53 Å². The van der Waals surface area contributed by atoms with E-state index in [2.05, 4.69) is 77.7 Å². The maximum atomic E-state index is 12.6. The number of likely N-dealkylation sites (N-methyl/N-ethyl adjacent to an activating group) is 1. The predicted octanol–water partition coefficient (Wildman–Crippen LogP) is 4.73. The molecule has 2 aliphatic heterocycles. The zero-order valence-electron chi connectivity index (χ0n) is 26.0. The lowest BCUT2D eigenvalue weighted by atomic mass is 10.0. The highest BCUT2D eigenvalue weighted by atomic mass is 16.5. The van der Waals surface area contributed by atoms with Crippen LogP contribution in [0, 0.1) is 24.2 Å². The van der Waals surface area contributed by atoms with Gasteiger partial charge >= 0.3 is 6.01 Å². The Morgan fingerprint density at radius 2 is 1.98 bits per heavy atom. The Labute approximate surface area is 260 Å². The molecule has 9 nitrogen and oxygen atoms in total. The van der Waals surface area contributed by atoms with E-state index in [1.807, 2.05) is 0 Å². The fourth-order valence-electron chi connectivity index (χ4n) is 6.75. The van der Waals surface area contributed by atoms with Gasteiger partial charge in [-0.05, 0) is 68.7 Å². The molecular weight excluding hydrogens is 550 g/mol. The first-order valence-electron chi connectivity index (χ1n) is 15.9. The monoisotopic (exact) mass is 593 g/mol.